The molecular weight excluding hydrogens is 315 g/mol. The molecule has 1 unspecified atom stereocenters. The van der Waals surface area contributed by atoms with Crippen molar-refractivity contribution in [2.45, 2.75) is 44.3 Å². The third kappa shape index (κ3) is 2.83. The fourth-order valence-electron chi connectivity index (χ4n) is 3.02. The highest BCUT2D eigenvalue weighted by Crippen LogP contribution is 2.42. The second kappa shape index (κ2) is 6.18. The lowest BCUT2D eigenvalue weighted by Gasteiger charge is -2.38. The van der Waals surface area contributed by atoms with Crippen molar-refractivity contribution in [2.24, 2.45) is 5.92 Å². The van der Waals surface area contributed by atoms with Gasteiger partial charge in [0.2, 0.25) is 0 Å². The summed E-state index contributed by atoms with van der Waals surface area (Å²) in [7, 11) is 0. The van der Waals surface area contributed by atoms with Gasteiger partial charge in [0.05, 0.1) is 12.0 Å². The summed E-state index contributed by atoms with van der Waals surface area (Å²) >= 11 is 0. The Kier molecular flexibility index (Phi) is 4.21. The van der Waals surface area contributed by atoms with Crippen LogP contribution in [-0.4, -0.2) is 37.2 Å². The number of carboxylic acid groups (broad SMARTS) is 1. The van der Waals surface area contributed by atoms with Crippen LogP contribution in [0.3, 0.4) is 0 Å². The second-order valence-electron chi connectivity index (χ2n) is 6.21. The maximum atomic E-state index is 14.5. The molecule has 0 saturated heterocycles. The summed E-state index contributed by atoms with van der Waals surface area (Å²) in [4.78, 5) is 23.1. The minimum absolute atomic E-state index is 0.284. The Morgan fingerprint density at radius 3 is 2.88 bits per heavy atom. The molecule has 0 radical (unpaired) electrons. The largest absolute Gasteiger partial charge is 0.481 e. The molecule has 1 aliphatic rings. The van der Waals surface area contributed by atoms with E-state index in [0.717, 1.165) is 6.42 Å². The van der Waals surface area contributed by atoms with Gasteiger partial charge in [0.25, 0.3) is 5.91 Å². The minimum atomic E-state index is -2.12. The molecule has 0 spiro atoms. The molecule has 0 aliphatic heterocycles. The maximum absolute atomic E-state index is 14.5. The highest BCUT2D eigenvalue weighted by molar-refractivity contribution is 5.89. The Balaban J connectivity index is 1.77. The topological polar surface area (TPSA) is 96.6 Å². The number of carbonyl (C=O) groups excluding carboxylic acids is 1. The number of aromatic nitrogens is 3. The van der Waals surface area contributed by atoms with Gasteiger partial charge in [-0.3, -0.25) is 14.0 Å². The zero-order chi connectivity index (χ0) is 17.3. The molecule has 8 heteroatoms. The number of aliphatic carboxylic acids is 1. The summed E-state index contributed by atoms with van der Waals surface area (Å²) in [5.74, 6) is -2.09. The summed E-state index contributed by atoms with van der Waals surface area (Å²) in [6.07, 6.45) is 2.57. The average Bonchev–Trinajstić information content (AvgIpc) is 2.95. The van der Waals surface area contributed by atoms with Crippen molar-refractivity contribution >= 4 is 17.5 Å². The number of pyridine rings is 1. The van der Waals surface area contributed by atoms with Crippen LogP contribution >= 0.6 is 0 Å². The van der Waals surface area contributed by atoms with Gasteiger partial charge in [0.15, 0.2) is 17.1 Å². The van der Waals surface area contributed by atoms with E-state index in [4.69, 9.17) is 5.11 Å². The van der Waals surface area contributed by atoms with Crippen molar-refractivity contribution in [2.75, 3.05) is 0 Å². The van der Waals surface area contributed by atoms with Gasteiger partial charge in [0.1, 0.15) is 0 Å². The number of hydrogen-bond donors (Lipinski definition) is 2. The van der Waals surface area contributed by atoms with Crippen LogP contribution in [0.5, 0.6) is 0 Å². The van der Waals surface area contributed by atoms with Crippen molar-refractivity contribution in [3.05, 3.63) is 30.2 Å². The third-order valence-electron chi connectivity index (χ3n) is 4.43. The van der Waals surface area contributed by atoms with Crippen LogP contribution in [0.15, 0.2) is 24.4 Å². The molecule has 0 bridgehead atoms. The number of nitrogens with zero attached hydrogens (tertiary/aromatic N) is 3. The highest BCUT2D eigenvalue weighted by atomic mass is 19.1. The normalized spacial score (nSPS) is 24.3. The molecule has 1 saturated carbocycles. The van der Waals surface area contributed by atoms with E-state index in [2.05, 4.69) is 15.5 Å². The molecule has 1 amide bonds. The first-order valence-electron chi connectivity index (χ1n) is 7.97. The first-order valence-corrected chi connectivity index (χ1v) is 7.97. The van der Waals surface area contributed by atoms with Crippen LogP contribution < -0.4 is 5.32 Å². The molecule has 128 valence electrons. The zero-order valence-electron chi connectivity index (χ0n) is 13.3. The SMILES string of the molecule is CCCC(NC(=O)C1(F)CC(C(=O)O)C1)c1nnc2ccccn12. The Labute approximate surface area is 137 Å². The highest BCUT2D eigenvalue weighted by Gasteiger charge is 2.54. The maximum Gasteiger partial charge on any atom is 0.306 e. The number of alkyl halides is 1. The average molecular weight is 334 g/mol. The summed E-state index contributed by atoms with van der Waals surface area (Å²) in [6.45, 7) is 1.96. The van der Waals surface area contributed by atoms with Gasteiger partial charge in [0, 0.05) is 19.0 Å². The van der Waals surface area contributed by atoms with Crippen molar-refractivity contribution in [3.63, 3.8) is 0 Å². The molecule has 2 aromatic heterocycles. The molecule has 7 nitrogen and oxygen atoms in total. The minimum Gasteiger partial charge on any atom is -0.481 e. The molecule has 1 fully saturated rings. The van der Waals surface area contributed by atoms with Gasteiger partial charge in [-0.05, 0) is 18.6 Å². The molecule has 2 heterocycles. The van der Waals surface area contributed by atoms with Gasteiger partial charge in [-0.15, -0.1) is 10.2 Å². The molecule has 2 N–H and O–H groups in total. The Hall–Kier alpha value is -2.51. The summed E-state index contributed by atoms with van der Waals surface area (Å²) < 4.78 is 16.3. The number of amides is 1. The zero-order valence-corrected chi connectivity index (χ0v) is 13.3. The lowest BCUT2D eigenvalue weighted by Crippen LogP contribution is -2.54. The van der Waals surface area contributed by atoms with E-state index in [1.54, 1.807) is 16.7 Å². The van der Waals surface area contributed by atoms with Gasteiger partial charge in [-0.25, -0.2) is 4.39 Å². The molecule has 24 heavy (non-hydrogen) atoms. The van der Waals surface area contributed by atoms with Crippen molar-refractivity contribution in [1.29, 1.82) is 0 Å². The van der Waals surface area contributed by atoms with Gasteiger partial charge < -0.3 is 10.4 Å². The van der Waals surface area contributed by atoms with E-state index in [-0.39, 0.29) is 12.8 Å². The smallest absolute Gasteiger partial charge is 0.306 e. The van der Waals surface area contributed by atoms with E-state index in [0.29, 0.717) is 17.9 Å². The number of halogens is 1. The number of carbonyl (C=O) groups is 2. The quantitative estimate of drug-likeness (QED) is 0.841. The molecule has 0 aromatic carbocycles. The first-order chi connectivity index (χ1) is 11.4. The fraction of sp³-hybridized carbons (Fsp3) is 0.500. The van der Waals surface area contributed by atoms with Crippen molar-refractivity contribution < 1.29 is 19.1 Å². The van der Waals surface area contributed by atoms with Crippen LogP contribution in [-0.2, 0) is 9.59 Å². The van der Waals surface area contributed by atoms with Crippen molar-refractivity contribution in [1.82, 2.24) is 19.9 Å². The molecular formula is C16H19FN4O3. The Morgan fingerprint density at radius 1 is 1.46 bits per heavy atom. The molecule has 2 aromatic rings. The first kappa shape index (κ1) is 16.4. The molecule has 3 rings (SSSR count). The van der Waals surface area contributed by atoms with Crippen molar-refractivity contribution in [3.8, 4) is 0 Å². The van der Waals surface area contributed by atoms with Crippen LogP contribution in [0.2, 0.25) is 0 Å². The predicted molar refractivity (Wildman–Crippen MR) is 83.0 cm³/mol. The van der Waals surface area contributed by atoms with Crippen LogP contribution in [0, 0.1) is 5.92 Å². The summed E-state index contributed by atoms with van der Waals surface area (Å²) in [6, 6.07) is 4.97. The Morgan fingerprint density at radius 2 is 2.21 bits per heavy atom. The summed E-state index contributed by atoms with van der Waals surface area (Å²) in [5.41, 5.74) is -1.47. The van der Waals surface area contributed by atoms with Gasteiger partial charge >= 0.3 is 5.97 Å². The van der Waals surface area contributed by atoms with E-state index in [1.165, 1.54) is 0 Å². The standard InChI is InChI=1S/C16H19FN4O3/c1-2-5-11(13-20-19-12-6-3-4-7-21(12)13)18-15(24)16(17)8-10(9-16)14(22)23/h3-4,6-7,10-11H,2,5,8-9H2,1H3,(H,18,24)(H,22,23). The second-order valence-corrected chi connectivity index (χ2v) is 6.21. The molecule has 1 atom stereocenters. The number of nitrogens with one attached hydrogen (secondary N) is 1. The van der Waals surface area contributed by atoms with Gasteiger partial charge in [-0.2, -0.15) is 0 Å². The lowest BCUT2D eigenvalue weighted by molar-refractivity contribution is -0.158. The number of fused-ring (bicyclic) bond motifs is 1. The van der Waals surface area contributed by atoms with E-state index < -0.39 is 29.5 Å². The van der Waals surface area contributed by atoms with Gasteiger partial charge in [-0.1, -0.05) is 19.4 Å². The number of rotatable bonds is 6. The number of carboxylic acids is 1. The van der Waals surface area contributed by atoms with Crippen LogP contribution in [0.4, 0.5) is 4.39 Å². The predicted octanol–water partition coefficient (Wildman–Crippen LogP) is 1.89. The fourth-order valence-corrected chi connectivity index (χ4v) is 3.02. The Bertz CT molecular complexity index is 770. The third-order valence-corrected chi connectivity index (χ3v) is 4.43. The van der Waals surface area contributed by atoms with E-state index >= 15 is 0 Å². The summed E-state index contributed by atoms with van der Waals surface area (Å²) in [5, 5.41) is 19.7. The van der Waals surface area contributed by atoms with Crippen LogP contribution in [0.25, 0.3) is 5.65 Å². The van der Waals surface area contributed by atoms with E-state index in [9.17, 15) is 14.0 Å². The number of hydrogen-bond acceptors (Lipinski definition) is 4. The van der Waals surface area contributed by atoms with Crippen LogP contribution in [0.1, 0.15) is 44.5 Å². The molecule has 1 aliphatic carbocycles. The monoisotopic (exact) mass is 334 g/mol. The lowest BCUT2D eigenvalue weighted by atomic mass is 9.71. The van der Waals surface area contributed by atoms with E-state index in [1.807, 2.05) is 19.1 Å².